The fourth-order valence-electron chi connectivity index (χ4n) is 0.878. The summed E-state index contributed by atoms with van der Waals surface area (Å²) in [5.41, 5.74) is 0. The third-order valence-electron chi connectivity index (χ3n) is 1.46. The van der Waals surface area contributed by atoms with Crippen LogP contribution in [0.4, 0.5) is 0 Å². The second-order valence-corrected chi connectivity index (χ2v) is 3.36. The summed E-state index contributed by atoms with van der Waals surface area (Å²) in [6, 6.07) is 0. The van der Waals surface area contributed by atoms with E-state index in [0.29, 0.717) is 0 Å². The van der Waals surface area contributed by atoms with E-state index in [1.807, 2.05) is 0 Å². The molecule has 1 saturated heterocycles. The van der Waals surface area contributed by atoms with Crippen molar-refractivity contribution in [3.8, 4) is 0 Å². The summed E-state index contributed by atoms with van der Waals surface area (Å²) in [5, 5.41) is 0. The van der Waals surface area contributed by atoms with E-state index >= 15 is 0 Å². The van der Waals surface area contributed by atoms with Gasteiger partial charge in [-0.05, 0) is 0 Å². The number of ether oxygens (including phenoxy) is 1. The van der Waals surface area contributed by atoms with Crippen LogP contribution in [0.3, 0.4) is 0 Å². The van der Waals surface area contributed by atoms with Crippen LogP contribution in [0.25, 0.3) is 0 Å². The molecule has 0 spiro atoms. The molecule has 0 unspecified atom stereocenters. The average Bonchev–Trinajstić information content (AvgIpc) is 1.90. The first-order valence-electron chi connectivity index (χ1n) is 3.14. The minimum atomic E-state index is 0.874. The summed E-state index contributed by atoms with van der Waals surface area (Å²) < 4.78 is 6.46. The number of nitrogens with zero attached hydrogens (tertiary/aromatic N) is 1. The van der Waals surface area contributed by atoms with Crippen molar-refractivity contribution >= 4 is 20.1 Å². The van der Waals surface area contributed by atoms with Crippen molar-refractivity contribution in [2.45, 2.75) is 6.92 Å². The quantitative estimate of drug-likeness (QED) is 0.526. The van der Waals surface area contributed by atoms with Crippen LogP contribution in [-0.4, -0.2) is 51.3 Å². The minimum absolute atomic E-state index is 0.874. The fraction of sp³-hybridized carbons (Fsp3) is 0.833. The van der Waals surface area contributed by atoms with E-state index < -0.39 is 0 Å². The van der Waals surface area contributed by atoms with E-state index in [-0.39, 0.29) is 0 Å². The topological polar surface area (TPSA) is 12.5 Å². The molecule has 1 fully saturated rings. The number of hydrogen-bond donors (Lipinski definition) is 0. The molecule has 0 aromatic heterocycles. The van der Waals surface area contributed by atoms with Gasteiger partial charge in [0.2, 0.25) is 0 Å². The van der Waals surface area contributed by atoms with E-state index in [0.717, 1.165) is 26.3 Å². The molecular weight excluding hydrogens is 181 g/mol. The predicted octanol–water partition coefficient (Wildman–Crippen LogP) is -0.363. The first-order valence-corrected chi connectivity index (χ1v) is 3.99. The van der Waals surface area contributed by atoms with Crippen LogP contribution >= 0.6 is 0 Å². The Hall–Kier alpha value is 0.149. The number of hydrogen-bond acceptors (Lipinski definition) is 2. The summed E-state index contributed by atoms with van der Waals surface area (Å²) >= 11 is 3.00. The Morgan fingerprint density at radius 1 is 1.44 bits per heavy atom. The molecule has 0 aromatic rings. The van der Waals surface area contributed by atoms with Gasteiger partial charge in [-0.2, -0.15) is 0 Å². The van der Waals surface area contributed by atoms with Crippen molar-refractivity contribution in [1.29, 1.82) is 0 Å². The van der Waals surface area contributed by atoms with Crippen molar-refractivity contribution < 1.29 is 4.74 Å². The molecule has 1 aliphatic rings. The van der Waals surface area contributed by atoms with Gasteiger partial charge in [0.05, 0.1) is 0 Å². The molecule has 1 heterocycles. The van der Waals surface area contributed by atoms with Gasteiger partial charge in [-0.25, -0.2) is 0 Å². The van der Waals surface area contributed by atoms with E-state index in [1.165, 1.54) is 4.54 Å². The second kappa shape index (κ2) is 3.35. The van der Waals surface area contributed by atoms with Crippen LogP contribution in [0.15, 0.2) is 0 Å². The van der Waals surface area contributed by atoms with Crippen LogP contribution in [0.2, 0.25) is 0 Å². The Balaban J connectivity index is 2.31. The molecule has 9 heavy (non-hydrogen) atoms. The van der Waals surface area contributed by atoms with Gasteiger partial charge >= 0.3 is 63.0 Å². The van der Waals surface area contributed by atoms with Crippen LogP contribution in [0.1, 0.15) is 6.92 Å². The first kappa shape index (κ1) is 7.26. The fourth-order valence-corrected chi connectivity index (χ4v) is 1.26. The SMILES string of the molecule is CC(=[Se])N1CCOCC1. The van der Waals surface area contributed by atoms with Gasteiger partial charge in [-0.1, -0.05) is 0 Å². The summed E-state index contributed by atoms with van der Waals surface area (Å²) in [7, 11) is 0. The molecule has 0 aliphatic carbocycles. The van der Waals surface area contributed by atoms with Crippen molar-refractivity contribution in [3.63, 3.8) is 0 Å². The number of morpholine rings is 1. The zero-order valence-electron chi connectivity index (χ0n) is 5.59. The van der Waals surface area contributed by atoms with Gasteiger partial charge in [0.25, 0.3) is 0 Å². The summed E-state index contributed by atoms with van der Waals surface area (Å²) in [6.07, 6.45) is 0. The standard InChI is InChI=1S/C6H11NOSe/c1-6(9)7-2-4-8-5-3-7/h2-5H2,1H3. The Labute approximate surface area is 63.5 Å². The number of rotatable bonds is 1. The van der Waals surface area contributed by atoms with Crippen molar-refractivity contribution in [2.75, 3.05) is 26.3 Å². The summed E-state index contributed by atoms with van der Waals surface area (Å²) in [6.45, 7) is 5.92. The molecule has 1 rings (SSSR count). The molecule has 0 aromatic carbocycles. The third kappa shape index (κ3) is 2.09. The summed E-state index contributed by atoms with van der Waals surface area (Å²) in [4.78, 5) is 2.30. The Bertz CT molecular complexity index is 110. The Morgan fingerprint density at radius 2 is 2.00 bits per heavy atom. The third-order valence-corrected chi connectivity index (χ3v) is 2.00. The van der Waals surface area contributed by atoms with Crippen LogP contribution < -0.4 is 0 Å². The van der Waals surface area contributed by atoms with Gasteiger partial charge in [0, 0.05) is 0 Å². The molecular formula is C6H11NOSe. The monoisotopic (exact) mass is 193 g/mol. The molecule has 0 amide bonds. The van der Waals surface area contributed by atoms with Crippen LogP contribution in [-0.2, 0) is 4.74 Å². The second-order valence-electron chi connectivity index (χ2n) is 2.12. The van der Waals surface area contributed by atoms with Crippen molar-refractivity contribution in [1.82, 2.24) is 4.90 Å². The van der Waals surface area contributed by atoms with Gasteiger partial charge in [-0.3, -0.25) is 0 Å². The Kier molecular flexibility index (Phi) is 2.70. The molecule has 0 radical (unpaired) electrons. The molecule has 1 aliphatic heterocycles. The summed E-state index contributed by atoms with van der Waals surface area (Å²) in [5.74, 6) is 0. The van der Waals surface area contributed by atoms with Crippen molar-refractivity contribution in [2.24, 2.45) is 0 Å². The molecule has 0 N–H and O–H groups in total. The molecule has 0 bridgehead atoms. The Morgan fingerprint density at radius 3 is 2.33 bits per heavy atom. The molecule has 3 heteroatoms. The molecule has 2 nitrogen and oxygen atoms in total. The molecule has 0 saturated carbocycles. The van der Waals surface area contributed by atoms with Crippen LogP contribution in [0.5, 0.6) is 0 Å². The predicted molar refractivity (Wildman–Crippen MR) is 38.8 cm³/mol. The molecule has 52 valence electrons. The maximum absolute atomic E-state index is 5.18. The van der Waals surface area contributed by atoms with E-state index in [2.05, 4.69) is 27.4 Å². The van der Waals surface area contributed by atoms with E-state index in [1.54, 1.807) is 0 Å². The normalized spacial score (nSPS) is 19.9. The van der Waals surface area contributed by atoms with E-state index in [4.69, 9.17) is 4.74 Å². The zero-order valence-corrected chi connectivity index (χ0v) is 7.31. The van der Waals surface area contributed by atoms with Gasteiger partial charge < -0.3 is 0 Å². The van der Waals surface area contributed by atoms with Crippen molar-refractivity contribution in [3.05, 3.63) is 0 Å². The van der Waals surface area contributed by atoms with Gasteiger partial charge in [0.1, 0.15) is 0 Å². The van der Waals surface area contributed by atoms with Gasteiger partial charge in [-0.15, -0.1) is 0 Å². The van der Waals surface area contributed by atoms with Gasteiger partial charge in [0.15, 0.2) is 0 Å². The van der Waals surface area contributed by atoms with Crippen LogP contribution in [0, 0.1) is 0 Å². The first-order chi connectivity index (χ1) is 4.30. The average molecular weight is 192 g/mol. The molecule has 0 atom stereocenters. The maximum atomic E-state index is 5.18. The van der Waals surface area contributed by atoms with E-state index in [9.17, 15) is 0 Å². The zero-order chi connectivity index (χ0) is 6.69.